The average Bonchev–Trinajstić information content (AvgIpc) is 2.52. The van der Waals surface area contributed by atoms with Crippen LogP contribution in [0.25, 0.3) is 0 Å². The fraction of sp³-hybridized carbons (Fsp3) is 0.500. The molecule has 0 spiro atoms. The zero-order valence-electron chi connectivity index (χ0n) is 9.12. The van der Waals surface area contributed by atoms with Crippen LogP contribution in [0.1, 0.15) is 21.9 Å². The van der Waals surface area contributed by atoms with Gasteiger partial charge in [0.15, 0.2) is 0 Å². The van der Waals surface area contributed by atoms with Gasteiger partial charge < -0.3 is 9.15 Å². The van der Waals surface area contributed by atoms with E-state index in [9.17, 15) is 4.79 Å². The number of ether oxygens (including phenoxy) is 1. The van der Waals surface area contributed by atoms with Crippen molar-refractivity contribution in [1.82, 2.24) is 5.48 Å². The first-order chi connectivity index (χ1) is 7.15. The zero-order valence-corrected chi connectivity index (χ0v) is 9.12. The maximum Gasteiger partial charge on any atom is 0.278 e. The van der Waals surface area contributed by atoms with Crippen LogP contribution in [0.5, 0.6) is 0 Å². The number of hydroxylamine groups is 1. The maximum atomic E-state index is 11.5. The minimum atomic E-state index is -0.305. The van der Waals surface area contributed by atoms with Gasteiger partial charge in [-0.05, 0) is 19.9 Å². The first-order valence-corrected chi connectivity index (χ1v) is 4.63. The highest BCUT2D eigenvalue weighted by Crippen LogP contribution is 2.12. The highest BCUT2D eigenvalue weighted by atomic mass is 16.7. The minimum Gasteiger partial charge on any atom is -0.466 e. The standard InChI is InChI=1S/C10H15NO4/c1-7-6-9(8(2)15-7)10(12)11-14-5-4-13-3/h6H,4-5H2,1-3H3,(H,11,12). The molecule has 0 aliphatic carbocycles. The molecule has 0 saturated heterocycles. The van der Waals surface area contributed by atoms with Gasteiger partial charge in [-0.2, -0.15) is 0 Å². The molecule has 5 nitrogen and oxygen atoms in total. The number of hydrogen-bond acceptors (Lipinski definition) is 4. The molecule has 1 aromatic rings. The van der Waals surface area contributed by atoms with E-state index in [1.807, 2.05) is 0 Å². The van der Waals surface area contributed by atoms with Crippen molar-refractivity contribution in [1.29, 1.82) is 0 Å². The third-order valence-electron chi connectivity index (χ3n) is 1.84. The van der Waals surface area contributed by atoms with Crippen LogP contribution in [-0.4, -0.2) is 26.2 Å². The normalized spacial score (nSPS) is 10.3. The van der Waals surface area contributed by atoms with Crippen molar-refractivity contribution < 1.29 is 18.8 Å². The van der Waals surface area contributed by atoms with Crippen LogP contribution < -0.4 is 5.48 Å². The van der Waals surface area contributed by atoms with E-state index < -0.39 is 0 Å². The Morgan fingerprint density at radius 2 is 2.20 bits per heavy atom. The Labute approximate surface area is 88.3 Å². The Morgan fingerprint density at radius 3 is 2.73 bits per heavy atom. The molecule has 1 aromatic heterocycles. The van der Waals surface area contributed by atoms with Crippen LogP contribution in [-0.2, 0) is 9.57 Å². The second-order valence-corrected chi connectivity index (χ2v) is 3.10. The molecule has 0 fully saturated rings. The first kappa shape index (κ1) is 11.7. The van der Waals surface area contributed by atoms with E-state index >= 15 is 0 Å². The van der Waals surface area contributed by atoms with E-state index in [0.717, 1.165) is 0 Å². The van der Waals surface area contributed by atoms with Crippen LogP contribution in [0.15, 0.2) is 10.5 Å². The highest BCUT2D eigenvalue weighted by Gasteiger charge is 2.12. The van der Waals surface area contributed by atoms with Crippen LogP contribution in [0.4, 0.5) is 0 Å². The molecule has 84 valence electrons. The summed E-state index contributed by atoms with van der Waals surface area (Å²) in [6.07, 6.45) is 0. The fourth-order valence-corrected chi connectivity index (χ4v) is 1.15. The Morgan fingerprint density at radius 1 is 1.47 bits per heavy atom. The smallest absolute Gasteiger partial charge is 0.278 e. The molecule has 1 heterocycles. The molecular weight excluding hydrogens is 198 g/mol. The summed E-state index contributed by atoms with van der Waals surface area (Å²) in [4.78, 5) is 16.4. The van der Waals surface area contributed by atoms with E-state index in [0.29, 0.717) is 30.3 Å². The topological polar surface area (TPSA) is 60.7 Å². The number of amides is 1. The summed E-state index contributed by atoms with van der Waals surface area (Å²) >= 11 is 0. The van der Waals surface area contributed by atoms with E-state index in [4.69, 9.17) is 14.0 Å². The second kappa shape index (κ2) is 5.53. The van der Waals surface area contributed by atoms with Gasteiger partial charge in [-0.15, -0.1) is 0 Å². The van der Waals surface area contributed by atoms with Crippen molar-refractivity contribution in [3.8, 4) is 0 Å². The van der Waals surface area contributed by atoms with Crippen molar-refractivity contribution in [2.75, 3.05) is 20.3 Å². The van der Waals surface area contributed by atoms with Crippen LogP contribution in [0.3, 0.4) is 0 Å². The number of furan rings is 1. The lowest BCUT2D eigenvalue weighted by Crippen LogP contribution is -2.25. The molecule has 0 aromatic carbocycles. The molecule has 1 rings (SSSR count). The molecule has 0 aliphatic rings. The number of hydrogen-bond donors (Lipinski definition) is 1. The molecule has 0 atom stereocenters. The monoisotopic (exact) mass is 213 g/mol. The second-order valence-electron chi connectivity index (χ2n) is 3.10. The molecule has 0 unspecified atom stereocenters. The van der Waals surface area contributed by atoms with Crippen molar-refractivity contribution in [2.24, 2.45) is 0 Å². The van der Waals surface area contributed by atoms with Crippen LogP contribution >= 0.6 is 0 Å². The van der Waals surface area contributed by atoms with Gasteiger partial charge in [0, 0.05) is 7.11 Å². The highest BCUT2D eigenvalue weighted by molar-refractivity contribution is 5.94. The summed E-state index contributed by atoms with van der Waals surface area (Å²) in [5.41, 5.74) is 2.80. The molecule has 0 radical (unpaired) electrons. The van der Waals surface area contributed by atoms with Gasteiger partial charge in [0.05, 0.1) is 18.8 Å². The molecule has 0 aliphatic heterocycles. The predicted molar refractivity (Wildman–Crippen MR) is 53.5 cm³/mol. The van der Waals surface area contributed by atoms with Gasteiger partial charge in [-0.3, -0.25) is 9.63 Å². The molecule has 1 N–H and O–H groups in total. The number of nitrogens with one attached hydrogen (secondary N) is 1. The lowest BCUT2D eigenvalue weighted by Gasteiger charge is -2.03. The Kier molecular flexibility index (Phi) is 4.33. The summed E-state index contributed by atoms with van der Waals surface area (Å²) in [5.74, 6) is 0.982. The summed E-state index contributed by atoms with van der Waals surface area (Å²) in [7, 11) is 1.56. The SMILES string of the molecule is COCCONC(=O)c1cc(C)oc1C. The molecule has 15 heavy (non-hydrogen) atoms. The quantitative estimate of drug-likeness (QED) is 0.589. The van der Waals surface area contributed by atoms with Gasteiger partial charge in [0.1, 0.15) is 11.5 Å². The summed E-state index contributed by atoms with van der Waals surface area (Å²) in [6.45, 7) is 4.27. The Balaban J connectivity index is 2.43. The van der Waals surface area contributed by atoms with Gasteiger partial charge in [-0.1, -0.05) is 0 Å². The van der Waals surface area contributed by atoms with Gasteiger partial charge >= 0.3 is 0 Å². The van der Waals surface area contributed by atoms with E-state index in [2.05, 4.69) is 5.48 Å². The van der Waals surface area contributed by atoms with Crippen molar-refractivity contribution in [2.45, 2.75) is 13.8 Å². The average molecular weight is 213 g/mol. The minimum absolute atomic E-state index is 0.305. The van der Waals surface area contributed by atoms with E-state index in [-0.39, 0.29) is 5.91 Å². The molecule has 0 bridgehead atoms. The largest absolute Gasteiger partial charge is 0.466 e. The van der Waals surface area contributed by atoms with Crippen LogP contribution in [0.2, 0.25) is 0 Å². The van der Waals surface area contributed by atoms with E-state index in [1.165, 1.54) is 0 Å². The number of rotatable bonds is 5. The van der Waals surface area contributed by atoms with Crippen LogP contribution in [0, 0.1) is 13.8 Å². The van der Waals surface area contributed by atoms with Crippen molar-refractivity contribution in [3.63, 3.8) is 0 Å². The summed E-state index contributed by atoms with van der Waals surface area (Å²) in [6, 6.07) is 1.67. The molecular formula is C10H15NO4. The van der Waals surface area contributed by atoms with Gasteiger partial charge in [0.25, 0.3) is 5.91 Å². The summed E-state index contributed by atoms with van der Waals surface area (Å²) < 4.78 is 9.98. The predicted octanol–water partition coefficient (Wildman–Crippen LogP) is 1.20. The number of aryl methyl sites for hydroxylation is 2. The lowest BCUT2D eigenvalue weighted by atomic mass is 10.2. The van der Waals surface area contributed by atoms with Crippen molar-refractivity contribution in [3.05, 3.63) is 23.2 Å². The Bertz CT molecular complexity index is 332. The number of methoxy groups -OCH3 is 1. The third kappa shape index (κ3) is 3.38. The number of carbonyl (C=O) groups excluding carboxylic acids is 1. The van der Waals surface area contributed by atoms with E-state index in [1.54, 1.807) is 27.0 Å². The zero-order chi connectivity index (χ0) is 11.3. The molecule has 1 amide bonds. The Hall–Kier alpha value is -1.33. The van der Waals surface area contributed by atoms with Gasteiger partial charge in [-0.25, -0.2) is 5.48 Å². The summed E-state index contributed by atoms with van der Waals surface area (Å²) in [5, 5.41) is 0. The third-order valence-corrected chi connectivity index (χ3v) is 1.84. The molecule has 0 saturated carbocycles. The maximum absolute atomic E-state index is 11.5. The van der Waals surface area contributed by atoms with Crippen molar-refractivity contribution >= 4 is 5.91 Å². The fourth-order valence-electron chi connectivity index (χ4n) is 1.15. The first-order valence-electron chi connectivity index (χ1n) is 4.63. The number of carbonyl (C=O) groups is 1. The lowest BCUT2D eigenvalue weighted by molar-refractivity contribution is 0.00880. The van der Waals surface area contributed by atoms with Gasteiger partial charge in [0.2, 0.25) is 0 Å². The molecule has 5 heteroatoms.